The third-order valence-electron chi connectivity index (χ3n) is 6.13. The molecule has 0 bridgehead atoms. The summed E-state index contributed by atoms with van der Waals surface area (Å²) in [6, 6.07) is 0. The summed E-state index contributed by atoms with van der Waals surface area (Å²) in [5.74, 6) is 1.23. The molecule has 0 aromatic rings. The van der Waals surface area contributed by atoms with Crippen LogP contribution in [0.5, 0.6) is 0 Å². The van der Waals surface area contributed by atoms with Crippen molar-refractivity contribution in [1.82, 2.24) is 0 Å². The van der Waals surface area contributed by atoms with E-state index in [2.05, 4.69) is 26.8 Å². The number of hydrogen-bond acceptors (Lipinski definition) is 1. The minimum Gasteiger partial charge on any atom is -0.498 e. The molecule has 1 nitrogen and oxygen atoms in total. The van der Waals surface area contributed by atoms with Gasteiger partial charge in [-0.3, -0.25) is 0 Å². The van der Waals surface area contributed by atoms with Gasteiger partial charge in [0, 0.05) is 6.42 Å². The van der Waals surface area contributed by atoms with Crippen LogP contribution in [0.15, 0.2) is 11.8 Å². The van der Waals surface area contributed by atoms with Crippen molar-refractivity contribution in [2.45, 2.75) is 162 Å². The number of hydrogen-bond donors (Lipinski definition) is 0. The number of rotatable bonds is 24. The molecular formula is C28H56O. The van der Waals surface area contributed by atoms with Crippen LogP contribution in [0.25, 0.3) is 0 Å². The Morgan fingerprint density at radius 3 is 1.21 bits per heavy atom. The van der Waals surface area contributed by atoms with Gasteiger partial charge in [-0.2, -0.15) is 0 Å². The van der Waals surface area contributed by atoms with E-state index >= 15 is 0 Å². The lowest BCUT2D eigenvalue weighted by Gasteiger charge is -2.10. The van der Waals surface area contributed by atoms with Crippen molar-refractivity contribution >= 4 is 0 Å². The van der Waals surface area contributed by atoms with E-state index in [0.29, 0.717) is 0 Å². The Hall–Kier alpha value is -0.460. The molecule has 0 saturated heterocycles. The maximum absolute atomic E-state index is 5.96. The van der Waals surface area contributed by atoms with E-state index in [1.807, 2.05) is 0 Å². The van der Waals surface area contributed by atoms with Crippen molar-refractivity contribution in [3.63, 3.8) is 0 Å². The molecule has 174 valence electrons. The molecule has 0 rings (SSSR count). The van der Waals surface area contributed by atoms with E-state index in [1.165, 1.54) is 141 Å². The molecule has 0 radical (unpaired) electrons. The third-order valence-corrected chi connectivity index (χ3v) is 6.13. The summed E-state index contributed by atoms with van der Waals surface area (Å²) in [4.78, 5) is 0. The van der Waals surface area contributed by atoms with Crippen molar-refractivity contribution < 1.29 is 4.74 Å². The first-order chi connectivity index (χ1) is 14.3. The van der Waals surface area contributed by atoms with Crippen LogP contribution in [0, 0.1) is 0 Å². The zero-order chi connectivity index (χ0) is 21.3. The standard InChI is InChI=1S/C28H56O/c1-4-7-9-11-12-13-14-15-16-17-18-19-20-21-22-24-26-28(6-3)29-27-25-23-10-8-5-2/h6H,4-5,7-27H2,1-3H3/b28-6+. The smallest absolute Gasteiger partial charge is 0.0917 e. The van der Waals surface area contributed by atoms with Crippen LogP contribution in [0.2, 0.25) is 0 Å². The summed E-state index contributed by atoms with van der Waals surface area (Å²) in [5.41, 5.74) is 0. The molecule has 0 aliphatic heterocycles. The third kappa shape index (κ3) is 23.7. The molecule has 0 aromatic heterocycles. The second-order valence-electron chi connectivity index (χ2n) is 9.07. The van der Waals surface area contributed by atoms with Crippen LogP contribution in [0.3, 0.4) is 0 Å². The van der Waals surface area contributed by atoms with Gasteiger partial charge < -0.3 is 4.74 Å². The van der Waals surface area contributed by atoms with Gasteiger partial charge in [0.25, 0.3) is 0 Å². The molecule has 0 aliphatic carbocycles. The van der Waals surface area contributed by atoms with Crippen LogP contribution in [-0.4, -0.2) is 6.61 Å². The Kier molecular flexibility index (Phi) is 25.2. The van der Waals surface area contributed by atoms with Crippen molar-refractivity contribution in [1.29, 1.82) is 0 Å². The molecule has 0 fully saturated rings. The van der Waals surface area contributed by atoms with E-state index < -0.39 is 0 Å². The highest BCUT2D eigenvalue weighted by Gasteiger charge is 1.99. The Bertz CT molecular complexity index is 320. The van der Waals surface area contributed by atoms with Gasteiger partial charge in [0.2, 0.25) is 0 Å². The minimum atomic E-state index is 0.919. The van der Waals surface area contributed by atoms with Crippen molar-refractivity contribution in [2.24, 2.45) is 0 Å². The predicted octanol–water partition coefficient (Wildman–Crippen LogP) is 10.5. The second kappa shape index (κ2) is 25.6. The second-order valence-corrected chi connectivity index (χ2v) is 9.07. The monoisotopic (exact) mass is 408 g/mol. The van der Waals surface area contributed by atoms with Crippen LogP contribution in [0.1, 0.15) is 162 Å². The summed E-state index contributed by atoms with van der Waals surface area (Å²) in [5, 5.41) is 0. The summed E-state index contributed by atoms with van der Waals surface area (Å²) in [6.45, 7) is 7.61. The van der Waals surface area contributed by atoms with Gasteiger partial charge in [-0.25, -0.2) is 0 Å². The van der Waals surface area contributed by atoms with Gasteiger partial charge in [0.15, 0.2) is 0 Å². The SMILES string of the molecule is C/C=C(\CCCCCCCCCCCCCCCCCC)OCCCCCCC. The highest BCUT2D eigenvalue weighted by atomic mass is 16.5. The molecule has 0 amide bonds. The molecule has 0 saturated carbocycles. The molecule has 0 spiro atoms. The fraction of sp³-hybridized carbons (Fsp3) is 0.929. The maximum atomic E-state index is 5.96. The molecule has 0 N–H and O–H groups in total. The largest absolute Gasteiger partial charge is 0.498 e. The first-order valence-corrected chi connectivity index (χ1v) is 13.6. The predicted molar refractivity (Wildman–Crippen MR) is 133 cm³/mol. The summed E-state index contributed by atoms with van der Waals surface area (Å²) in [7, 11) is 0. The van der Waals surface area contributed by atoms with E-state index in [0.717, 1.165) is 13.0 Å². The average molecular weight is 409 g/mol. The van der Waals surface area contributed by atoms with Gasteiger partial charge in [-0.15, -0.1) is 0 Å². The molecular weight excluding hydrogens is 352 g/mol. The van der Waals surface area contributed by atoms with Gasteiger partial charge in [-0.05, 0) is 25.8 Å². The molecule has 0 heterocycles. The normalized spacial score (nSPS) is 11.9. The molecule has 0 aliphatic rings. The molecule has 29 heavy (non-hydrogen) atoms. The summed E-state index contributed by atoms with van der Waals surface area (Å²) in [6.07, 6.45) is 32.9. The first kappa shape index (κ1) is 28.5. The van der Waals surface area contributed by atoms with Crippen molar-refractivity contribution in [3.05, 3.63) is 11.8 Å². The lowest BCUT2D eigenvalue weighted by Crippen LogP contribution is -1.96. The van der Waals surface area contributed by atoms with Gasteiger partial charge in [0.1, 0.15) is 0 Å². The van der Waals surface area contributed by atoms with E-state index in [1.54, 1.807) is 0 Å². The Morgan fingerprint density at radius 1 is 0.483 bits per heavy atom. The lowest BCUT2D eigenvalue weighted by molar-refractivity contribution is 0.193. The van der Waals surface area contributed by atoms with Crippen LogP contribution < -0.4 is 0 Å². The van der Waals surface area contributed by atoms with Crippen LogP contribution in [0.4, 0.5) is 0 Å². The highest BCUT2D eigenvalue weighted by Crippen LogP contribution is 2.16. The first-order valence-electron chi connectivity index (χ1n) is 13.6. The topological polar surface area (TPSA) is 9.23 Å². The Morgan fingerprint density at radius 2 is 0.828 bits per heavy atom. The fourth-order valence-corrected chi connectivity index (χ4v) is 4.06. The molecule has 0 aromatic carbocycles. The number of ether oxygens (including phenoxy) is 1. The van der Waals surface area contributed by atoms with E-state index in [9.17, 15) is 0 Å². The number of unbranched alkanes of at least 4 members (excludes halogenated alkanes) is 19. The minimum absolute atomic E-state index is 0.919. The van der Waals surface area contributed by atoms with Gasteiger partial charge >= 0.3 is 0 Å². The molecule has 0 atom stereocenters. The fourth-order valence-electron chi connectivity index (χ4n) is 4.06. The van der Waals surface area contributed by atoms with Crippen molar-refractivity contribution in [2.75, 3.05) is 6.61 Å². The van der Waals surface area contributed by atoms with Gasteiger partial charge in [-0.1, -0.05) is 136 Å². The zero-order valence-electron chi connectivity index (χ0n) is 20.7. The zero-order valence-corrected chi connectivity index (χ0v) is 20.7. The summed E-state index contributed by atoms with van der Waals surface area (Å²) < 4.78 is 5.96. The Labute approximate surface area is 185 Å². The summed E-state index contributed by atoms with van der Waals surface area (Å²) >= 11 is 0. The Balaban J connectivity index is 3.23. The molecule has 0 unspecified atom stereocenters. The van der Waals surface area contributed by atoms with Crippen molar-refractivity contribution in [3.8, 4) is 0 Å². The maximum Gasteiger partial charge on any atom is 0.0917 e. The highest BCUT2D eigenvalue weighted by molar-refractivity contribution is 4.90. The number of allylic oxidation sites excluding steroid dienone is 2. The molecule has 1 heteroatoms. The van der Waals surface area contributed by atoms with Crippen LogP contribution >= 0.6 is 0 Å². The van der Waals surface area contributed by atoms with E-state index in [-0.39, 0.29) is 0 Å². The average Bonchev–Trinajstić information content (AvgIpc) is 2.74. The van der Waals surface area contributed by atoms with E-state index in [4.69, 9.17) is 4.74 Å². The quantitative estimate of drug-likeness (QED) is 0.114. The lowest BCUT2D eigenvalue weighted by atomic mass is 10.0. The van der Waals surface area contributed by atoms with Crippen LogP contribution in [-0.2, 0) is 4.74 Å². The van der Waals surface area contributed by atoms with Gasteiger partial charge in [0.05, 0.1) is 12.4 Å².